The Labute approximate surface area is 98.4 Å². The molecular formula is C14H22N2. The van der Waals surface area contributed by atoms with Crippen LogP contribution in [0.1, 0.15) is 25.8 Å². The third kappa shape index (κ3) is 2.07. The minimum absolute atomic E-state index is 0.234. The number of benzene rings is 1. The van der Waals surface area contributed by atoms with Crippen molar-refractivity contribution in [2.75, 3.05) is 18.0 Å². The van der Waals surface area contributed by atoms with Crippen LogP contribution in [0.5, 0.6) is 0 Å². The third-order valence-electron chi connectivity index (χ3n) is 3.61. The van der Waals surface area contributed by atoms with Gasteiger partial charge in [0, 0.05) is 17.8 Å². The highest BCUT2D eigenvalue weighted by molar-refractivity contribution is 5.52. The van der Waals surface area contributed by atoms with Crippen molar-refractivity contribution in [3.63, 3.8) is 0 Å². The Bertz CT molecular complexity index is 371. The van der Waals surface area contributed by atoms with E-state index in [-0.39, 0.29) is 5.54 Å². The van der Waals surface area contributed by atoms with Gasteiger partial charge in [-0.3, -0.25) is 0 Å². The Morgan fingerprint density at radius 3 is 2.75 bits per heavy atom. The number of aryl methyl sites for hydroxylation is 1. The maximum atomic E-state index is 5.80. The summed E-state index contributed by atoms with van der Waals surface area (Å²) in [7, 11) is 0. The van der Waals surface area contributed by atoms with E-state index in [4.69, 9.17) is 5.73 Å². The molecule has 1 aromatic rings. The van der Waals surface area contributed by atoms with E-state index in [1.54, 1.807) is 0 Å². The first-order valence-corrected chi connectivity index (χ1v) is 6.07. The maximum Gasteiger partial charge on any atom is 0.0373 e. The molecule has 1 fully saturated rings. The van der Waals surface area contributed by atoms with Gasteiger partial charge in [0.2, 0.25) is 0 Å². The first kappa shape index (κ1) is 11.5. The fourth-order valence-corrected chi connectivity index (χ4v) is 2.80. The van der Waals surface area contributed by atoms with Gasteiger partial charge in [-0.15, -0.1) is 0 Å². The first-order chi connectivity index (χ1) is 7.53. The van der Waals surface area contributed by atoms with Crippen LogP contribution in [0.3, 0.4) is 0 Å². The van der Waals surface area contributed by atoms with Crippen LogP contribution in [0.25, 0.3) is 0 Å². The van der Waals surface area contributed by atoms with Gasteiger partial charge in [-0.05, 0) is 57.4 Å². The summed E-state index contributed by atoms with van der Waals surface area (Å²) in [6.45, 7) is 8.65. The summed E-state index contributed by atoms with van der Waals surface area (Å²) in [6.07, 6.45) is 1.19. The van der Waals surface area contributed by atoms with Gasteiger partial charge in [0.25, 0.3) is 0 Å². The maximum absolute atomic E-state index is 5.80. The Balaban J connectivity index is 2.27. The standard InChI is InChI=1S/C14H22N2/c1-11-5-4-6-13(7-11)16-10-12(9-15)8-14(16,2)3/h4-7,12H,8-10,15H2,1-3H3. The second-order valence-electron chi connectivity index (χ2n) is 5.57. The summed E-state index contributed by atoms with van der Waals surface area (Å²) >= 11 is 0. The summed E-state index contributed by atoms with van der Waals surface area (Å²) in [5, 5.41) is 0. The third-order valence-corrected chi connectivity index (χ3v) is 3.61. The summed E-state index contributed by atoms with van der Waals surface area (Å²) < 4.78 is 0. The topological polar surface area (TPSA) is 29.3 Å². The highest BCUT2D eigenvalue weighted by Crippen LogP contribution is 2.36. The van der Waals surface area contributed by atoms with E-state index in [0.717, 1.165) is 13.1 Å². The molecule has 1 heterocycles. The van der Waals surface area contributed by atoms with Crippen LogP contribution in [-0.2, 0) is 0 Å². The van der Waals surface area contributed by atoms with Crippen molar-refractivity contribution in [1.82, 2.24) is 0 Å². The highest BCUT2D eigenvalue weighted by Gasteiger charge is 2.37. The molecule has 0 spiro atoms. The van der Waals surface area contributed by atoms with Gasteiger partial charge in [-0.25, -0.2) is 0 Å². The molecule has 1 aliphatic heterocycles. The van der Waals surface area contributed by atoms with Gasteiger partial charge < -0.3 is 10.6 Å². The quantitative estimate of drug-likeness (QED) is 0.826. The van der Waals surface area contributed by atoms with Gasteiger partial charge >= 0.3 is 0 Å². The number of hydrogen-bond acceptors (Lipinski definition) is 2. The average Bonchev–Trinajstić information content (AvgIpc) is 2.53. The Kier molecular flexibility index (Phi) is 2.94. The van der Waals surface area contributed by atoms with E-state index in [9.17, 15) is 0 Å². The normalized spacial score (nSPS) is 23.8. The lowest BCUT2D eigenvalue weighted by Crippen LogP contribution is -2.38. The molecule has 0 aromatic heterocycles. The van der Waals surface area contributed by atoms with Crippen molar-refractivity contribution in [2.45, 2.75) is 32.7 Å². The predicted octanol–water partition coefficient (Wildman–Crippen LogP) is 2.56. The van der Waals surface area contributed by atoms with Crippen LogP contribution in [0.15, 0.2) is 24.3 Å². The fourth-order valence-electron chi connectivity index (χ4n) is 2.80. The lowest BCUT2D eigenvalue weighted by Gasteiger charge is -2.33. The number of rotatable bonds is 2. The van der Waals surface area contributed by atoms with Gasteiger partial charge in [0.05, 0.1) is 0 Å². The largest absolute Gasteiger partial charge is 0.366 e. The van der Waals surface area contributed by atoms with E-state index in [1.807, 2.05) is 0 Å². The van der Waals surface area contributed by atoms with Crippen LogP contribution in [0.4, 0.5) is 5.69 Å². The number of nitrogens with two attached hydrogens (primary N) is 1. The van der Waals surface area contributed by atoms with Gasteiger partial charge in [-0.1, -0.05) is 12.1 Å². The molecule has 1 atom stereocenters. The van der Waals surface area contributed by atoms with E-state index < -0.39 is 0 Å². The molecule has 0 saturated carbocycles. The number of nitrogens with zero attached hydrogens (tertiary/aromatic N) is 1. The van der Waals surface area contributed by atoms with Crippen LogP contribution < -0.4 is 10.6 Å². The average molecular weight is 218 g/mol. The molecule has 16 heavy (non-hydrogen) atoms. The summed E-state index contributed by atoms with van der Waals surface area (Å²) in [5.74, 6) is 0.635. The van der Waals surface area contributed by atoms with Gasteiger partial charge in [-0.2, -0.15) is 0 Å². The second kappa shape index (κ2) is 4.10. The molecule has 2 N–H and O–H groups in total. The molecule has 0 radical (unpaired) electrons. The van der Waals surface area contributed by atoms with Crippen LogP contribution in [-0.4, -0.2) is 18.6 Å². The molecule has 0 amide bonds. The van der Waals surface area contributed by atoms with E-state index in [0.29, 0.717) is 5.92 Å². The molecule has 88 valence electrons. The Morgan fingerprint density at radius 1 is 1.44 bits per heavy atom. The van der Waals surface area contributed by atoms with Crippen LogP contribution in [0.2, 0.25) is 0 Å². The molecule has 0 aliphatic carbocycles. The van der Waals surface area contributed by atoms with Crippen molar-refractivity contribution in [1.29, 1.82) is 0 Å². The van der Waals surface area contributed by atoms with Crippen molar-refractivity contribution in [3.8, 4) is 0 Å². The van der Waals surface area contributed by atoms with E-state index in [1.165, 1.54) is 17.7 Å². The van der Waals surface area contributed by atoms with E-state index >= 15 is 0 Å². The molecule has 2 heteroatoms. The zero-order valence-electron chi connectivity index (χ0n) is 10.5. The smallest absolute Gasteiger partial charge is 0.0373 e. The number of anilines is 1. The van der Waals surface area contributed by atoms with Gasteiger partial charge in [0.15, 0.2) is 0 Å². The summed E-state index contributed by atoms with van der Waals surface area (Å²) in [6, 6.07) is 8.75. The lowest BCUT2D eigenvalue weighted by molar-refractivity contribution is 0.476. The molecule has 1 aliphatic rings. The molecule has 0 bridgehead atoms. The van der Waals surface area contributed by atoms with Crippen LogP contribution >= 0.6 is 0 Å². The van der Waals surface area contributed by atoms with Crippen molar-refractivity contribution in [3.05, 3.63) is 29.8 Å². The summed E-state index contributed by atoms with van der Waals surface area (Å²) in [4.78, 5) is 2.50. The minimum atomic E-state index is 0.234. The second-order valence-corrected chi connectivity index (χ2v) is 5.57. The zero-order chi connectivity index (χ0) is 11.8. The molecular weight excluding hydrogens is 196 g/mol. The zero-order valence-corrected chi connectivity index (χ0v) is 10.5. The SMILES string of the molecule is Cc1cccc(N2CC(CN)CC2(C)C)c1. The number of hydrogen-bond donors (Lipinski definition) is 1. The lowest BCUT2D eigenvalue weighted by atomic mass is 9.96. The predicted molar refractivity (Wildman–Crippen MR) is 69.8 cm³/mol. The molecule has 2 rings (SSSR count). The fraction of sp³-hybridized carbons (Fsp3) is 0.571. The Morgan fingerprint density at radius 2 is 2.19 bits per heavy atom. The Hall–Kier alpha value is -1.02. The highest BCUT2D eigenvalue weighted by atomic mass is 15.2. The minimum Gasteiger partial charge on any atom is -0.366 e. The van der Waals surface area contributed by atoms with Crippen LogP contribution in [0, 0.1) is 12.8 Å². The van der Waals surface area contributed by atoms with Crippen molar-refractivity contribution < 1.29 is 0 Å². The van der Waals surface area contributed by atoms with Crippen molar-refractivity contribution in [2.24, 2.45) is 11.7 Å². The van der Waals surface area contributed by atoms with Crippen molar-refractivity contribution >= 4 is 5.69 Å². The van der Waals surface area contributed by atoms with Gasteiger partial charge in [0.1, 0.15) is 0 Å². The summed E-state index contributed by atoms with van der Waals surface area (Å²) in [5.41, 5.74) is 8.69. The molecule has 1 unspecified atom stereocenters. The van der Waals surface area contributed by atoms with E-state index in [2.05, 4.69) is 49.9 Å². The molecule has 1 saturated heterocycles. The molecule has 1 aromatic carbocycles. The molecule has 2 nitrogen and oxygen atoms in total. The monoisotopic (exact) mass is 218 g/mol. The first-order valence-electron chi connectivity index (χ1n) is 6.07.